The van der Waals surface area contributed by atoms with Crippen molar-refractivity contribution in [1.82, 2.24) is 5.43 Å². The molecular weight excluding hydrogens is 296 g/mol. The number of hydrazone groups is 1. The monoisotopic (exact) mass is 318 g/mol. The number of hydrogen-bond acceptors (Lipinski definition) is 5. The lowest BCUT2D eigenvalue weighted by atomic mass is 9.99. The van der Waals surface area contributed by atoms with Crippen LogP contribution in [0, 0.1) is 11.8 Å². The third kappa shape index (κ3) is 2.98. The van der Waals surface area contributed by atoms with Crippen molar-refractivity contribution in [2.45, 2.75) is 25.7 Å². The predicted molar refractivity (Wildman–Crippen MR) is 86.4 cm³/mol. The van der Waals surface area contributed by atoms with Gasteiger partial charge < -0.3 is 14.2 Å². The van der Waals surface area contributed by atoms with Gasteiger partial charge in [-0.05, 0) is 49.7 Å². The van der Waals surface area contributed by atoms with E-state index >= 15 is 0 Å². The molecule has 0 radical (unpaired) electrons. The number of rotatable bonds is 5. The first kappa shape index (κ1) is 15.6. The van der Waals surface area contributed by atoms with Gasteiger partial charge in [-0.2, -0.15) is 5.10 Å². The standard InChI is InChI=1S/C17H22N2O4/c1-21-14-8-12(9-15(22-2)16(14)23-3)17(20)19-18-13-7-10-4-5-11(13)6-10/h8-11H,4-7H2,1-3H3,(H,19,20)/b18-13-. The zero-order valence-corrected chi connectivity index (χ0v) is 13.7. The van der Waals surface area contributed by atoms with Crippen molar-refractivity contribution in [3.63, 3.8) is 0 Å². The lowest BCUT2D eigenvalue weighted by Crippen LogP contribution is -2.22. The molecule has 2 bridgehead atoms. The molecule has 1 aromatic rings. The highest BCUT2D eigenvalue weighted by molar-refractivity contribution is 5.97. The van der Waals surface area contributed by atoms with Gasteiger partial charge in [0.25, 0.3) is 5.91 Å². The first-order chi connectivity index (χ1) is 11.2. The molecule has 2 aliphatic carbocycles. The maximum Gasteiger partial charge on any atom is 0.271 e. The Kier molecular flexibility index (Phi) is 4.41. The van der Waals surface area contributed by atoms with Crippen LogP contribution in [0.5, 0.6) is 17.2 Å². The van der Waals surface area contributed by atoms with E-state index in [1.165, 1.54) is 40.6 Å². The average Bonchev–Trinajstić information content (AvgIpc) is 3.21. The topological polar surface area (TPSA) is 69.2 Å². The van der Waals surface area contributed by atoms with E-state index in [-0.39, 0.29) is 5.91 Å². The molecule has 6 heteroatoms. The summed E-state index contributed by atoms with van der Waals surface area (Å²) in [5.41, 5.74) is 4.21. The Bertz CT molecular complexity index is 616. The molecule has 6 nitrogen and oxygen atoms in total. The van der Waals surface area contributed by atoms with Crippen LogP contribution in [0.2, 0.25) is 0 Å². The number of fused-ring (bicyclic) bond motifs is 2. The minimum atomic E-state index is -0.278. The van der Waals surface area contributed by atoms with Crippen molar-refractivity contribution in [3.8, 4) is 17.2 Å². The molecule has 0 spiro atoms. The Morgan fingerprint density at radius 1 is 1.13 bits per heavy atom. The lowest BCUT2D eigenvalue weighted by Gasteiger charge is -2.14. The van der Waals surface area contributed by atoms with Gasteiger partial charge in [0.2, 0.25) is 5.75 Å². The van der Waals surface area contributed by atoms with Gasteiger partial charge in [0.1, 0.15) is 0 Å². The summed E-state index contributed by atoms with van der Waals surface area (Å²) in [6.07, 6.45) is 4.73. The highest BCUT2D eigenvalue weighted by atomic mass is 16.5. The first-order valence-electron chi connectivity index (χ1n) is 7.83. The number of carbonyl (C=O) groups is 1. The second-order valence-corrected chi connectivity index (χ2v) is 6.04. The summed E-state index contributed by atoms with van der Waals surface area (Å²) < 4.78 is 15.8. The Balaban J connectivity index is 1.78. The van der Waals surface area contributed by atoms with Crippen LogP contribution in [0.4, 0.5) is 0 Å². The Morgan fingerprint density at radius 3 is 2.30 bits per heavy atom. The second-order valence-electron chi connectivity index (χ2n) is 6.04. The number of carbonyl (C=O) groups excluding carboxylic acids is 1. The average molecular weight is 318 g/mol. The number of hydrogen-bond donors (Lipinski definition) is 1. The van der Waals surface area contributed by atoms with Crippen molar-refractivity contribution >= 4 is 11.6 Å². The maximum absolute atomic E-state index is 12.4. The molecule has 0 saturated heterocycles. The van der Waals surface area contributed by atoms with Crippen LogP contribution in [-0.4, -0.2) is 32.9 Å². The summed E-state index contributed by atoms with van der Waals surface area (Å²) in [5, 5.41) is 4.34. The summed E-state index contributed by atoms with van der Waals surface area (Å²) in [5.74, 6) is 2.40. The van der Waals surface area contributed by atoms with Gasteiger partial charge in [-0.1, -0.05) is 0 Å². The van der Waals surface area contributed by atoms with E-state index in [0.29, 0.717) is 28.7 Å². The second kappa shape index (κ2) is 6.48. The summed E-state index contributed by atoms with van der Waals surface area (Å²) in [6.45, 7) is 0. The summed E-state index contributed by atoms with van der Waals surface area (Å²) in [6, 6.07) is 3.25. The largest absolute Gasteiger partial charge is 0.493 e. The summed E-state index contributed by atoms with van der Waals surface area (Å²) in [4.78, 5) is 12.4. The molecule has 1 amide bonds. The molecule has 2 saturated carbocycles. The van der Waals surface area contributed by atoms with Crippen molar-refractivity contribution < 1.29 is 19.0 Å². The van der Waals surface area contributed by atoms with Gasteiger partial charge in [-0.15, -0.1) is 0 Å². The van der Waals surface area contributed by atoms with Gasteiger partial charge >= 0.3 is 0 Å². The van der Waals surface area contributed by atoms with E-state index in [2.05, 4.69) is 10.5 Å². The highest BCUT2D eigenvalue weighted by Crippen LogP contribution is 2.42. The van der Waals surface area contributed by atoms with Crippen LogP contribution in [-0.2, 0) is 0 Å². The first-order valence-corrected chi connectivity index (χ1v) is 7.83. The van der Waals surface area contributed by atoms with Crippen LogP contribution in [0.1, 0.15) is 36.0 Å². The van der Waals surface area contributed by atoms with E-state index in [1.54, 1.807) is 12.1 Å². The van der Waals surface area contributed by atoms with Crippen LogP contribution in [0.3, 0.4) is 0 Å². The number of benzene rings is 1. The normalized spacial score (nSPS) is 23.9. The minimum absolute atomic E-state index is 0.278. The Hall–Kier alpha value is -2.24. The minimum Gasteiger partial charge on any atom is -0.493 e. The van der Waals surface area contributed by atoms with Crippen LogP contribution < -0.4 is 19.6 Å². The highest BCUT2D eigenvalue weighted by Gasteiger charge is 2.36. The van der Waals surface area contributed by atoms with E-state index in [1.807, 2.05) is 0 Å². The van der Waals surface area contributed by atoms with E-state index < -0.39 is 0 Å². The fraction of sp³-hybridized carbons (Fsp3) is 0.529. The number of amides is 1. The summed E-state index contributed by atoms with van der Waals surface area (Å²) >= 11 is 0. The van der Waals surface area contributed by atoms with Crippen molar-refractivity contribution in [2.75, 3.05) is 21.3 Å². The van der Waals surface area contributed by atoms with Gasteiger partial charge in [0.05, 0.1) is 21.3 Å². The van der Waals surface area contributed by atoms with Crippen molar-refractivity contribution in [1.29, 1.82) is 0 Å². The van der Waals surface area contributed by atoms with E-state index in [9.17, 15) is 4.79 Å². The maximum atomic E-state index is 12.4. The molecular formula is C17H22N2O4. The third-order valence-corrected chi connectivity index (χ3v) is 4.74. The molecule has 1 aromatic carbocycles. The predicted octanol–water partition coefficient (Wildman–Crippen LogP) is 2.62. The molecule has 2 fully saturated rings. The van der Waals surface area contributed by atoms with Gasteiger partial charge in [-0.3, -0.25) is 4.79 Å². The molecule has 2 aliphatic rings. The molecule has 0 aromatic heterocycles. The Morgan fingerprint density at radius 2 is 1.83 bits per heavy atom. The van der Waals surface area contributed by atoms with Gasteiger partial charge in [0.15, 0.2) is 11.5 Å². The fourth-order valence-corrected chi connectivity index (χ4v) is 3.56. The molecule has 3 rings (SSSR count). The molecule has 124 valence electrons. The van der Waals surface area contributed by atoms with Crippen molar-refractivity contribution in [2.24, 2.45) is 16.9 Å². The SMILES string of the molecule is COc1cc(C(=O)N/N=C2/CC3CCC2C3)cc(OC)c1OC. The fourth-order valence-electron chi connectivity index (χ4n) is 3.56. The zero-order valence-electron chi connectivity index (χ0n) is 13.7. The smallest absolute Gasteiger partial charge is 0.271 e. The summed E-state index contributed by atoms with van der Waals surface area (Å²) in [7, 11) is 4.57. The number of methoxy groups -OCH3 is 3. The van der Waals surface area contributed by atoms with Crippen LogP contribution in [0.25, 0.3) is 0 Å². The Labute approximate surface area is 135 Å². The van der Waals surface area contributed by atoms with Crippen LogP contribution in [0.15, 0.2) is 17.2 Å². The van der Waals surface area contributed by atoms with Gasteiger partial charge in [-0.25, -0.2) is 5.43 Å². The molecule has 0 heterocycles. The number of nitrogens with one attached hydrogen (secondary N) is 1. The molecule has 0 aliphatic heterocycles. The van der Waals surface area contributed by atoms with E-state index in [4.69, 9.17) is 14.2 Å². The molecule has 2 atom stereocenters. The number of nitrogens with zero attached hydrogens (tertiary/aromatic N) is 1. The van der Waals surface area contributed by atoms with Crippen molar-refractivity contribution in [3.05, 3.63) is 17.7 Å². The van der Waals surface area contributed by atoms with Gasteiger partial charge in [0, 0.05) is 11.3 Å². The number of ether oxygens (including phenoxy) is 3. The third-order valence-electron chi connectivity index (χ3n) is 4.74. The molecule has 23 heavy (non-hydrogen) atoms. The lowest BCUT2D eigenvalue weighted by molar-refractivity contribution is 0.0953. The molecule has 1 N–H and O–H groups in total. The molecule has 2 unspecified atom stereocenters. The van der Waals surface area contributed by atoms with Crippen LogP contribution >= 0.6 is 0 Å². The zero-order chi connectivity index (χ0) is 16.4. The van der Waals surface area contributed by atoms with E-state index in [0.717, 1.165) is 18.1 Å². The quantitative estimate of drug-likeness (QED) is 0.847.